The molecule has 2 atom stereocenters. The van der Waals surface area contributed by atoms with Crippen molar-refractivity contribution in [3.8, 4) is 11.5 Å². The van der Waals surface area contributed by atoms with E-state index in [9.17, 15) is 0 Å². The van der Waals surface area contributed by atoms with Crippen molar-refractivity contribution in [2.45, 2.75) is 44.3 Å². The number of nitrogens with one attached hydrogen (secondary N) is 1. The lowest BCUT2D eigenvalue weighted by molar-refractivity contribution is 0.171. The van der Waals surface area contributed by atoms with Gasteiger partial charge in [-0.3, -0.25) is 0 Å². The van der Waals surface area contributed by atoms with Crippen molar-refractivity contribution in [1.82, 2.24) is 5.32 Å². The van der Waals surface area contributed by atoms with Crippen LogP contribution in [0.1, 0.15) is 31.2 Å². The minimum atomic E-state index is 0.297. The van der Waals surface area contributed by atoms with Crippen molar-refractivity contribution in [2.24, 2.45) is 5.73 Å². The van der Waals surface area contributed by atoms with Crippen LogP contribution in [0, 0.1) is 0 Å². The number of hydrogen-bond acceptors (Lipinski definition) is 4. The molecule has 1 saturated carbocycles. The molecule has 4 heteroatoms. The van der Waals surface area contributed by atoms with Crippen LogP contribution in [0.25, 0.3) is 0 Å². The first kappa shape index (κ1) is 12.8. The molecule has 19 heavy (non-hydrogen) atoms. The van der Waals surface area contributed by atoms with Crippen LogP contribution in [0.4, 0.5) is 0 Å². The summed E-state index contributed by atoms with van der Waals surface area (Å²) in [4.78, 5) is 0. The Morgan fingerprint density at radius 2 is 1.89 bits per heavy atom. The topological polar surface area (TPSA) is 56.5 Å². The average Bonchev–Trinajstić information content (AvgIpc) is 2.46. The van der Waals surface area contributed by atoms with Gasteiger partial charge in [-0.2, -0.15) is 0 Å². The van der Waals surface area contributed by atoms with Gasteiger partial charge in [-0.05, 0) is 30.5 Å². The van der Waals surface area contributed by atoms with E-state index in [4.69, 9.17) is 15.2 Å². The number of fused-ring (bicyclic) bond motifs is 1. The number of nitrogens with two attached hydrogens (primary N) is 1. The van der Waals surface area contributed by atoms with Crippen LogP contribution in [-0.2, 0) is 6.54 Å². The van der Waals surface area contributed by atoms with Gasteiger partial charge in [0.05, 0.1) is 0 Å². The molecule has 2 unspecified atom stereocenters. The lowest BCUT2D eigenvalue weighted by atomic mass is 9.91. The zero-order valence-electron chi connectivity index (χ0n) is 11.2. The molecule has 1 heterocycles. The largest absolute Gasteiger partial charge is 0.486 e. The highest BCUT2D eigenvalue weighted by Gasteiger charge is 2.21. The fourth-order valence-electron chi connectivity index (χ4n) is 2.86. The third kappa shape index (κ3) is 3.01. The molecule has 3 rings (SSSR count). The van der Waals surface area contributed by atoms with Gasteiger partial charge >= 0.3 is 0 Å². The maximum Gasteiger partial charge on any atom is 0.161 e. The molecule has 0 aromatic heterocycles. The lowest BCUT2D eigenvalue weighted by Gasteiger charge is -2.29. The maximum absolute atomic E-state index is 6.15. The van der Waals surface area contributed by atoms with Crippen LogP contribution in [0.2, 0.25) is 0 Å². The molecule has 4 nitrogen and oxygen atoms in total. The Balaban J connectivity index is 1.60. The molecule has 0 spiro atoms. The second-order valence-electron chi connectivity index (χ2n) is 5.41. The first-order chi connectivity index (χ1) is 9.33. The molecule has 1 aromatic carbocycles. The summed E-state index contributed by atoms with van der Waals surface area (Å²) in [6.45, 7) is 2.12. The normalized spacial score (nSPS) is 26.2. The van der Waals surface area contributed by atoms with Gasteiger partial charge in [0.15, 0.2) is 11.5 Å². The van der Waals surface area contributed by atoms with Gasteiger partial charge in [0.2, 0.25) is 0 Å². The first-order valence-corrected chi connectivity index (χ1v) is 7.20. The van der Waals surface area contributed by atoms with Gasteiger partial charge in [-0.25, -0.2) is 0 Å². The highest BCUT2D eigenvalue weighted by atomic mass is 16.6. The quantitative estimate of drug-likeness (QED) is 0.872. The number of ether oxygens (including phenoxy) is 2. The zero-order valence-corrected chi connectivity index (χ0v) is 11.2. The molecule has 0 amide bonds. The monoisotopic (exact) mass is 262 g/mol. The van der Waals surface area contributed by atoms with Gasteiger partial charge in [-0.15, -0.1) is 0 Å². The maximum atomic E-state index is 6.15. The molecule has 2 aliphatic rings. The van der Waals surface area contributed by atoms with Gasteiger partial charge in [0, 0.05) is 18.6 Å². The van der Waals surface area contributed by atoms with Gasteiger partial charge < -0.3 is 20.5 Å². The summed E-state index contributed by atoms with van der Waals surface area (Å²) in [7, 11) is 0. The predicted octanol–water partition coefficient (Wildman–Crippen LogP) is 1.82. The summed E-state index contributed by atoms with van der Waals surface area (Å²) >= 11 is 0. The lowest BCUT2D eigenvalue weighted by Crippen LogP contribution is -2.46. The van der Waals surface area contributed by atoms with Crippen LogP contribution in [0.5, 0.6) is 11.5 Å². The average molecular weight is 262 g/mol. The summed E-state index contributed by atoms with van der Waals surface area (Å²) in [5, 5.41) is 3.57. The van der Waals surface area contributed by atoms with Crippen molar-refractivity contribution in [1.29, 1.82) is 0 Å². The number of rotatable bonds is 3. The minimum absolute atomic E-state index is 0.297. The van der Waals surface area contributed by atoms with E-state index in [1.807, 2.05) is 6.07 Å². The molecule has 0 radical (unpaired) electrons. The van der Waals surface area contributed by atoms with Crippen LogP contribution in [0.15, 0.2) is 18.2 Å². The van der Waals surface area contributed by atoms with E-state index < -0.39 is 0 Å². The van der Waals surface area contributed by atoms with Crippen LogP contribution in [0.3, 0.4) is 0 Å². The summed E-state index contributed by atoms with van der Waals surface area (Å²) in [5.74, 6) is 1.71. The van der Waals surface area contributed by atoms with Crippen LogP contribution >= 0.6 is 0 Å². The van der Waals surface area contributed by atoms with E-state index in [1.54, 1.807) is 0 Å². The van der Waals surface area contributed by atoms with Crippen molar-refractivity contribution in [3.63, 3.8) is 0 Å². The first-order valence-electron chi connectivity index (χ1n) is 7.20. The minimum Gasteiger partial charge on any atom is -0.486 e. The van der Waals surface area contributed by atoms with Crippen LogP contribution in [-0.4, -0.2) is 25.3 Å². The summed E-state index contributed by atoms with van der Waals surface area (Å²) in [5.41, 5.74) is 7.37. The summed E-state index contributed by atoms with van der Waals surface area (Å²) in [6.07, 6.45) is 4.88. The SMILES string of the molecule is NC1CCCCC1NCc1ccc2c(c1)OCCO2. The molecular formula is C15H22N2O2. The highest BCUT2D eigenvalue weighted by Crippen LogP contribution is 2.30. The molecule has 3 N–H and O–H groups in total. The molecule has 1 aliphatic carbocycles. The second-order valence-corrected chi connectivity index (χ2v) is 5.41. The number of hydrogen-bond donors (Lipinski definition) is 2. The van der Waals surface area contributed by atoms with Crippen molar-refractivity contribution in [2.75, 3.05) is 13.2 Å². The van der Waals surface area contributed by atoms with Crippen LogP contribution < -0.4 is 20.5 Å². The Kier molecular flexibility index (Phi) is 3.89. The van der Waals surface area contributed by atoms with Gasteiger partial charge in [0.25, 0.3) is 0 Å². The predicted molar refractivity (Wildman–Crippen MR) is 74.5 cm³/mol. The van der Waals surface area contributed by atoms with E-state index in [1.165, 1.54) is 24.8 Å². The Hall–Kier alpha value is -1.26. The molecule has 1 fully saturated rings. The van der Waals surface area contributed by atoms with Gasteiger partial charge in [-0.1, -0.05) is 18.9 Å². The van der Waals surface area contributed by atoms with Gasteiger partial charge in [0.1, 0.15) is 13.2 Å². The Morgan fingerprint density at radius 3 is 2.74 bits per heavy atom. The molecule has 0 bridgehead atoms. The Labute approximate surface area is 114 Å². The zero-order chi connectivity index (χ0) is 13.1. The standard InChI is InChI=1S/C15H22N2O2/c16-12-3-1-2-4-13(12)17-10-11-5-6-14-15(9-11)19-8-7-18-14/h5-6,9,12-13,17H,1-4,7-8,10,16H2. The third-order valence-corrected chi connectivity index (χ3v) is 3.99. The van der Waals surface area contributed by atoms with E-state index in [0.717, 1.165) is 24.5 Å². The van der Waals surface area contributed by atoms with Crippen molar-refractivity contribution < 1.29 is 9.47 Å². The Bertz CT molecular complexity index is 436. The second kappa shape index (κ2) is 5.80. The van der Waals surface area contributed by atoms with Crippen molar-refractivity contribution >= 4 is 0 Å². The molecule has 1 aliphatic heterocycles. The third-order valence-electron chi connectivity index (χ3n) is 3.99. The van der Waals surface area contributed by atoms with E-state index in [0.29, 0.717) is 25.3 Å². The fraction of sp³-hybridized carbons (Fsp3) is 0.600. The van der Waals surface area contributed by atoms with E-state index in [2.05, 4.69) is 17.4 Å². The molecule has 1 aromatic rings. The number of benzene rings is 1. The van der Waals surface area contributed by atoms with E-state index in [-0.39, 0.29) is 0 Å². The highest BCUT2D eigenvalue weighted by molar-refractivity contribution is 5.43. The molecule has 0 saturated heterocycles. The molecular weight excluding hydrogens is 240 g/mol. The Morgan fingerprint density at radius 1 is 1.11 bits per heavy atom. The van der Waals surface area contributed by atoms with E-state index >= 15 is 0 Å². The smallest absolute Gasteiger partial charge is 0.161 e. The summed E-state index contributed by atoms with van der Waals surface area (Å²) in [6, 6.07) is 6.89. The summed E-state index contributed by atoms with van der Waals surface area (Å²) < 4.78 is 11.1. The van der Waals surface area contributed by atoms with Crippen molar-refractivity contribution in [3.05, 3.63) is 23.8 Å². The fourth-order valence-corrected chi connectivity index (χ4v) is 2.86. The molecule has 104 valence electrons.